The van der Waals surface area contributed by atoms with E-state index in [0.717, 1.165) is 17.0 Å². The molecule has 0 atom stereocenters. The molecule has 2 amide bonds. The predicted molar refractivity (Wildman–Crippen MR) is 94.5 cm³/mol. The van der Waals surface area contributed by atoms with Crippen molar-refractivity contribution >= 4 is 40.9 Å². The Morgan fingerprint density at radius 2 is 2.00 bits per heavy atom. The summed E-state index contributed by atoms with van der Waals surface area (Å²) in [5, 5.41) is 6.29. The zero-order valence-electron chi connectivity index (χ0n) is 13.6. The molecule has 0 aliphatic carbocycles. The van der Waals surface area contributed by atoms with Crippen LogP contribution in [0.4, 0.5) is 5.69 Å². The number of aromatic nitrogens is 1. The SMILES string of the molecule is Cc1nc(SCC(=O)NCC(=O)Nc2cccc(Cl)c2C)oc1C. The van der Waals surface area contributed by atoms with Crippen molar-refractivity contribution in [3.8, 4) is 0 Å². The molecule has 1 aromatic heterocycles. The van der Waals surface area contributed by atoms with Crippen molar-refractivity contribution in [2.24, 2.45) is 0 Å². The molecular weight excluding hydrogens is 350 g/mol. The van der Waals surface area contributed by atoms with Crippen LogP contribution < -0.4 is 10.6 Å². The van der Waals surface area contributed by atoms with E-state index in [-0.39, 0.29) is 24.1 Å². The maximum Gasteiger partial charge on any atom is 0.256 e. The number of hydrogen-bond acceptors (Lipinski definition) is 5. The molecule has 8 heteroatoms. The highest BCUT2D eigenvalue weighted by atomic mass is 35.5. The lowest BCUT2D eigenvalue weighted by molar-refractivity contribution is -0.122. The molecule has 0 saturated carbocycles. The number of benzene rings is 1. The highest BCUT2D eigenvalue weighted by molar-refractivity contribution is 7.99. The summed E-state index contributed by atoms with van der Waals surface area (Å²) in [5.74, 6) is 0.269. The Labute approximate surface area is 149 Å². The van der Waals surface area contributed by atoms with Crippen molar-refractivity contribution in [1.29, 1.82) is 0 Å². The minimum absolute atomic E-state index is 0.116. The summed E-state index contributed by atoms with van der Waals surface area (Å²) in [5.41, 5.74) is 2.21. The first-order valence-electron chi connectivity index (χ1n) is 7.25. The quantitative estimate of drug-likeness (QED) is 0.766. The number of anilines is 1. The fourth-order valence-electron chi connectivity index (χ4n) is 1.80. The lowest BCUT2D eigenvalue weighted by atomic mass is 10.2. The summed E-state index contributed by atoms with van der Waals surface area (Å²) >= 11 is 7.18. The number of hydrogen-bond donors (Lipinski definition) is 2. The van der Waals surface area contributed by atoms with Gasteiger partial charge in [0.25, 0.3) is 5.22 Å². The molecule has 128 valence electrons. The van der Waals surface area contributed by atoms with Gasteiger partial charge in [0.15, 0.2) is 0 Å². The first kappa shape index (κ1) is 18.4. The Morgan fingerprint density at radius 3 is 2.67 bits per heavy atom. The third kappa shape index (κ3) is 5.01. The van der Waals surface area contributed by atoms with Gasteiger partial charge >= 0.3 is 0 Å². The van der Waals surface area contributed by atoms with Gasteiger partial charge in [-0.3, -0.25) is 9.59 Å². The van der Waals surface area contributed by atoms with E-state index in [4.69, 9.17) is 16.0 Å². The number of rotatable bonds is 6. The van der Waals surface area contributed by atoms with Gasteiger partial charge in [-0.15, -0.1) is 0 Å². The van der Waals surface area contributed by atoms with E-state index < -0.39 is 0 Å². The van der Waals surface area contributed by atoms with Gasteiger partial charge in [-0.1, -0.05) is 29.4 Å². The zero-order chi connectivity index (χ0) is 17.7. The summed E-state index contributed by atoms with van der Waals surface area (Å²) < 4.78 is 5.37. The Hall–Kier alpha value is -1.99. The molecule has 0 bridgehead atoms. The summed E-state index contributed by atoms with van der Waals surface area (Å²) in [6.07, 6.45) is 0. The molecule has 0 aliphatic heterocycles. The molecule has 0 radical (unpaired) electrons. The molecule has 1 heterocycles. The third-order valence-corrected chi connectivity index (χ3v) is 4.56. The molecule has 2 rings (SSSR count). The van der Waals surface area contributed by atoms with Crippen molar-refractivity contribution in [2.75, 3.05) is 17.6 Å². The fraction of sp³-hybridized carbons (Fsp3) is 0.312. The van der Waals surface area contributed by atoms with E-state index >= 15 is 0 Å². The number of halogens is 1. The van der Waals surface area contributed by atoms with Crippen molar-refractivity contribution < 1.29 is 14.0 Å². The number of carbonyl (C=O) groups is 2. The number of carbonyl (C=O) groups excluding carboxylic acids is 2. The van der Waals surface area contributed by atoms with E-state index in [9.17, 15) is 9.59 Å². The van der Waals surface area contributed by atoms with Gasteiger partial charge in [0, 0.05) is 10.7 Å². The topological polar surface area (TPSA) is 84.2 Å². The first-order valence-corrected chi connectivity index (χ1v) is 8.61. The smallest absolute Gasteiger partial charge is 0.256 e. The van der Waals surface area contributed by atoms with Crippen LogP contribution >= 0.6 is 23.4 Å². The van der Waals surface area contributed by atoms with Gasteiger partial charge < -0.3 is 15.1 Å². The summed E-state index contributed by atoms with van der Waals surface area (Å²) in [4.78, 5) is 27.9. The minimum atomic E-state index is -0.318. The van der Waals surface area contributed by atoms with Gasteiger partial charge in [0.2, 0.25) is 11.8 Å². The molecule has 0 unspecified atom stereocenters. The normalized spacial score (nSPS) is 10.5. The van der Waals surface area contributed by atoms with E-state index in [2.05, 4.69) is 15.6 Å². The van der Waals surface area contributed by atoms with Crippen LogP contribution in [0.5, 0.6) is 0 Å². The maximum absolute atomic E-state index is 11.9. The molecule has 6 nitrogen and oxygen atoms in total. The number of thioether (sulfide) groups is 1. The Balaban J connectivity index is 1.76. The number of nitrogens with one attached hydrogen (secondary N) is 2. The van der Waals surface area contributed by atoms with Crippen molar-refractivity contribution in [3.63, 3.8) is 0 Å². The van der Waals surface area contributed by atoms with Crippen molar-refractivity contribution in [3.05, 3.63) is 40.2 Å². The van der Waals surface area contributed by atoms with Crippen molar-refractivity contribution in [2.45, 2.75) is 26.0 Å². The largest absolute Gasteiger partial charge is 0.437 e. The Morgan fingerprint density at radius 1 is 1.25 bits per heavy atom. The zero-order valence-corrected chi connectivity index (χ0v) is 15.2. The monoisotopic (exact) mass is 367 g/mol. The maximum atomic E-state index is 11.9. The number of aryl methyl sites for hydroxylation is 2. The summed E-state index contributed by atoms with van der Waals surface area (Å²) in [6.45, 7) is 5.35. The second-order valence-corrected chi connectivity index (χ2v) is 6.48. The Kier molecular flexibility index (Phi) is 6.28. The van der Waals surface area contributed by atoms with Crippen LogP contribution in [0.25, 0.3) is 0 Å². The van der Waals surface area contributed by atoms with Crippen LogP contribution in [0.3, 0.4) is 0 Å². The molecule has 2 N–H and O–H groups in total. The van der Waals surface area contributed by atoms with E-state index in [1.807, 2.05) is 20.8 Å². The average molecular weight is 368 g/mol. The van der Waals surface area contributed by atoms with E-state index in [1.54, 1.807) is 18.2 Å². The van der Waals surface area contributed by atoms with Crippen LogP contribution in [0.1, 0.15) is 17.0 Å². The average Bonchev–Trinajstić information content (AvgIpc) is 2.86. The fourth-order valence-corrected chi connectivity index (χ4v) is 2.72. The van der Waals surface area contributed by atoms with Crippen molar-refractivity contribution in [1.82, 2.24) is 10.3 Å². The molecule has 0 fully saturated rings. The van der Waals surface area contributed by atoms with Crippen LogP contribution in [-0.2, 0) is 9.59 Å². The van der Waals surface area contributed by atoms with Crippen LogP contribution in [0, 0.1) is 20.8 Å². The molecule has 1 aromatic carbocycles. The van der Waals surface area contributed by atoms with Gasteiger partial charge in [-0.05, 0) is 38.5 Å². The molecule has 0 spiro atoms. The van der Waals surface area contributed by atoms with Gasteiger partial charge in [-0.2, -0.15) is 0 Å². The third-order valence-electron chi connectivity index (χ3n) is 3.32. The summed E-state index contributed by atoms with van der Waals surface area (Å²) in [6, 6.07) is 5.25. The van der Waals surface area contributed by atoms with Gasteiger partial charge in [-0.25, -0.2) is 4.98 Å². The highest BCUT2D eigenvalue weighted by Crippen LogP contribution is 2.22. The Bertz CT molecular complexity index is 742. The molecule has 2 aromatic rings. The highest BCUT2D eigenvalue weighted by Gasteiger charge is 2.11. The van der Waals surface area contributed by atoms with Crippen LogP contribution in [0.15, 0.2) is 27.8 Å². The van der Waals surface area contributed by atoms with E-state index in [0.29, 0.717) is 15.9 Å². The second-order valence-electron chi connectivity index (χ2n) is 5.15. The lowest BCUT2D eigenvalue weighted by Crippen LogP contribution is -2.34. The first-order chi connectivity index (χ1) is 11.4. The molecule has 24 heavy (non-hydrogen) atoms. The van der Waals surface area contributed by atoms with Crippen LogP contribution in [-0.4, -0.2) is 29.1 Å². The number of nitrogens with zero attached hydrogens (tertiary/aromatic N) is 1. The summed E-state index contributed by atoms with van der Waals surface area (Å²) in [7, 11) is 0. The molecule has 0 aliphatic rings. The number of amides is 2. The predicted octanol–water partition coefficient (Wildman–Crippen LogP) is 3.10. The lowest BCUT2D eigenvalue weighted by Gasteiger charge is -2.10. The molecule has 0 saturated heterocycles. The number of oxazole rings is 1. The minimum Gasteiger partial charge on any atom is -0.437 e. The second kappa shape index (κ2) is 8.21. The van der Waals surface area contributed by atoms with E-state index in [1.165, 1.54) is 11.8 Å². The van der Waals surface area contributed by atoms with Gasteiger partial charge in [0.05, 0.1) is 18.0 Å². The standard InChI is InChI=1S/C16H18ClN3O3S/c1-9-12(17)5-4-6-13(9)20-14(21)7-18-15(22)8-24-16-19-10(2)11(3)23-16/h4-6H,7-8H2,1-3H3,(H,18,22)(H,20,21). The van der Waals surface area contributed by atoms with Gasteiger partial charge in [0.1, 0.15) is 5.76 Å². The molecular formula is C16H18ClN3O3S. The van der Waals surface area contributed by atoms with Crippen LogP contribution in [0.2, 0.25) is 5.02 Å².